The minimum atomic E-state index is -0.0880. The van der Waals surface area contributed by atoms with Crippen LogP contribution in [-0.2, 0) is 4.79 Å². The van der Waals surface area contributed by atoms with Crippen LogP contribution in [0, 0.1) is 0 Å². The molecule has 4 nitrogen and oxygen atoms in total. The van der Waals surface area contributed by atoms with E-state index < -0.39 is 0 Å². The van der Waals surface area contributed by atoms with Crippen molar-refractivity contribution in [2.45, 2.75) is 12.2 Å². The number of anilines is 1. The van der Waals surface area contributed by atoms with Gasteiger partial charge in [0, 0.05) is 6.20 Å². The van der Waals surface area contributed by atoms with Gasteiger partial charge in [-0.05, 0) is 25.3 Å². The number of nitrogens with zero attached hydrogens (tertiary/aromatic N) is 1. The molecule has 0 aliphatic heterocycles. The van der Waals surface area contributed by atoms with Crippen molar-refractivity contribution in [3.63, 3.8) is 0 Å². The summed E-state index contributed by atoms with van der Waals surface area (Å²) in [6.07, 6.45) is 3.51. The van der Waals surface area contributed by atoms with Crippen LogP contribution in [0.15, 0.2) is 18.3 Å². The number of nitrogens with one attached hydrogen (secondary N) is 1. The first kappa shape index (κ1) is 11.8. The normalized spacial score (nSPS) is 11.9. The molecule has 0 saturated carbocycles. The Hall–Kier alpha value is -1.23. The highest BCUT2D eigenvalue weighted by Crippen LogP contribution is 2.20. The molecule has 1 heterocycles. The van der Waals surface area contributed by atoms with Crippen LogP contribution < -0.4 is 10.1 Å². The minimum Gasteiger partial charge on any atom is -0.480 e. The molecule has 0 aromatic carbocycles. The second-order valence-electron chi connectivity index (χ2n) is 2.93. The van der Waals surface area contributed by atoms with E-state index in [0.717, 1.165) is 0 Å². The number of rotatable bonds is 4. The topological polar surface area (TPSA) is 51.2 Å². The lowest BCUT2D eigenvalue weighted by molar-refractivity contribution is -0.115. The molecule has 0 unspecified atom stereocenters. The fourth-order valence-electron chi connectivity index (χ4n) is 0.990. The number of carbonyl (C=O) groups is 1. The van der Waals surface area contributed by atoms with Crippen LogP contribution in [0.1, 0.15) is 6.92 Å². The van der Waals surface area contributed by atoms with E-state index in [9.17, 15) is 4.79 Å². The van der Waals surface area contributed by atoms with Crippen LogP contribution in [-0.4, -0.2) is 29.5 Å². The van der Waals surface area contributed by atoms with Gasteiger partial charge < -0.3 is 10.1 Å². The molecule has 0 aliphatic rings. The summed E-state index contributed by atoms with van der Waals surface area (Å²) < 4.78 is 5.03. The van der Waals surface area contributed by atoms with Gasteiger partial charge in [0.25, 0.3) is 0 Å². The van der Waals surface area contributed by atoms with Crippen molar-refractivity contribution in [1.82, 2.24) is 4.98 Å². The fourth-order valence-corrected chi connectivity index (χ4v) is 1.26. The molecule has 0 spiro atoms. The van der Waals surface area contributed by atoms with Gasteiger partial charge in [-0.25, -0.2) is 4.98 Å². The zero-order chi connectivity index (χ0) is 11.3. The number of hydrogen-bond acceptors (Lipinski definition) is 4. The monoisotopic (exact) mass is 226 g/mol. The zero-order valence-electron chi connectivity index (χ0n) is 8.98. The smallest absolute Gasteiger partial charge is 0.237 e. The third-order valence-corrected chi connectivity index (χ3v) is 2.87. The van der Waals surface area contributed by atoms with Crippen LogP contribution in [0.25, 0.3) is 0 Å². The average molecular weight is 226 g/mol. The van der Waals surface area contributed by atoms with Gasteiger partial charge in [-0.1, -0.05) is 0 Å². The Kier molecular flexibility index (Phi) is 4.42. The molecule has 1 rings (SSSR count). The molecule has 0 aliphatic carbocycles. The van der Waals surface area contributed by atoms with E-state index in [2.05, 4.69) is 10.3 Å². The Morgan fingerprint density at radius 2 is 2.40 bits per heavy atom. The summed E-state index contributed by atoms with van der Waals surface area (Å²) in [6.45, 7) is 1.85. The molecular weight excluding hydrogens is 212 g/mol. The van der Waals surface area contributed by atoms with Crippen LogP contribution in [0.4, 0.5) is 5.69 Å². The van der Waals surface area contributed by atoms with Crippen molar-refractivity contribution in [2.24, 2.45) is 0 Å². The second kappa shape index (κ2) is 5.60. The quantitative estimate of drug-likeness (QED) is 0.850. The van der Waals surface area contributed by atoms with E-state index in [0.29, 0.717) is 11.6 Å². The molecule has 0 saturated heterocycles. The van der Waals surface area contributed by atoms with Crippen molar-refractivity contribution >= 4 is 23.4 Å². The van der Waals surface area contributed by atoms with Crippen LogP contribution in [0.5, 0.6) is 5.88 Å². The van der Waals surface area contributed by atoms with E-state index in [1.807, 2.05) is 13.2 Å². The Bertz CT molecular complexity index is 344. The highest BCUT2D eigenvalue weighted by Gasteiger charge is 2.13. The molecule has 5 heteroatoms. The fraction of sp³-hybridized carbons (Fsp3) is 0.400. The molecular formula is C10H14N2O2S. The predicted octanol–water partition coefficient (Wildman–Crippen LogP) is 1.78. The molecule has 1 aromatic rings. The lowest BCUT2D eigenvalue weighted by Crippen LogP contribution is -2.22. The number of hydrogen-bond donors (Lipinski definition) is 1. The first-order chi connectivity index (χ1) is 7.19. The van der Waals surface area contributed by atoms with E-state index >= 15 is 0 Å². The number of aromatic nitrogens is 1. The summed E-state index contributed by atoms with van der Waals surface area (Å²) in [5.41, 5.74) is 0.603. The van der Waals surface area contributed by atoms with Crippen molar-refractivity contribution in [1.29, 1.82) is 0 Å². The van der Waals surface area contributed by atoms with Crippen LogP contribution in [0.3, 0.4) is 0 Å². The number of amides is 1. The lowest BCUT2D eigenvalue weighted by atomic mass is 10.3. The maximum Gasteiger partial charge on any atom is 0.237 e. The van der Waals surface area contributed by atoms with Crippen molar-refractivity contribution in [3.05, 3.63) is 18.3 Å². The first-order valence-corrected chi connectivity index (χ1v) is 5.80. The largest absolute Gasteiger partial charge is 0.480 e. The van der Waals surface area contributed by atoms with Gasteiger partial charge >= 0.3 is 0 Å². The second-order valence-corrected chi connectivity index (χ2v) is 4.11. The molecule has 0 bridgehead atoms. The molecule has 15 heavy (non-hydrogen) atoms. The summed E-state index contributed by atoms with van der Waals surface area (Å²) in [5.74, 6) is 0.382. The van der Waals surface area contributed by atoms with Crippen molar-refractivity contribution in [2.75, 3.05) is 18.7 Å². The van der Waals surface area contributed by atoms with Crippen molar-refractivity contribution < 1.29 is 9.53 Å². The summed E-state index contributed by atoms with van der Waals surface area (Å²) in [5, 5.41) is 2.68. The van der Waals surface area contributed by atoms with Gasteiger partial charge in [0.2, 0.25) is 11.8 Å². The Morgan fingerprint density at radius 1 is 1.67 bits per heavy atom. The van der Waals surface area contributed by atoms with Crippen LogP contribution in [0.2, 0.25) is 0 Å². The zero-order valence-corrected chi connectivity index (χ0v) is 9.80. The number of carbonyl (C=O) groups excluding carboxylic acids is 1. The molecule has 1 atom stereocenters. The highest BCUT2D eigenvalue weighted by molar-refractivity contribution is 7.99. The summed E-state index contributed by atoms with van der Waals surface area (Å²) in [6, 6.07) is 3.51. The van der Waals surface area contributed by atoms with Gasteiger partial charge in [0.15, 0.2) is 0 Å². The average Bonchev–Trinajstić information content (AvgIpc) is 2.28. The van der Waals surface area contributed by atoms with Gasteiger partial charge in [-0.3, -0.25) is 4.79 Å². The number of pyridine rings is 1. The Balaban J connectivity index is 2.76. The third-order valence-electron chi connectivity index (χ3n) is 1.95. The van der Waals surface area contributed by atoms with Crippen LogP contribution >= 0.6 is 11.8 Å². The number of thioether (sulfide) groups is 1. The molecule has 0 fully saturated rings. The predicted molar refractivity (Wildman–Crippen MR) is 62.4 cm³/mol. The Labute approximate surface area is 93.4 Å². The molecule has 82 valence electrons. The van der Waals surface area contributed by atoms with E-state index in [1.165, 1.54) is 18.9 Å². The van der Waals surface area contributed by atoms with Gasteiger partial charge in [0.1, 0.15) is 5.69 Å². The molecule has 1 aromatic heterocycles. The summed E-state index contributed by atoms with van der Waals surface area (Å²) in [4.78, 5) is 15.6. The Morgan fingerprint density at radius 3 is 3.00 bits per heavy atom. The first-order valence-electron chi connectivity index (χ1n) is 4.51. The van der Waals surface area contributed by atoms with Gasteiger partial charge in [-0.2, -0.15) is 11.8 Å². The SMILES string of the molecule is COc1ncccc1NC(=O)[C@H](C)SC. The molecule has 1 amide bonds. The standard InChI is InChI=1S/C10H14N2O2S/c1-7(15-3)9(13)12-8-5-4-6-11-10(8)14-2/h4-7H,1-3H3,(H,12,13)/t7-/m0/s1. The third kappa shape index (κ3) is 3.13. The molecule has 0 radical (unpaired) electrons. The summed E-state index contributed by atoms with van der Waals surface area (Å²) >= 11 is 1.49. The highest BCUT2D eigenvalue weighted by atomic mass is 32.2. The number of ether oxygens (including phenoxy) is 1. The van der Waals surface area contributed by atoms with E-state index in [1.54, 1.807) is 18.3 Å². The number of methoxy groups -OCH3 is 1. The van der Waals surface area contributed by atoms with Crippen molar-refractivity contribution in [3.8, 4) is 5.88 Å². The lowest BCUT2D eigenvalue weighted by Gasteiger charge is -2.11. The minimum absolute atomic E-state index is 0.0474. The molecule has 1 N–H and O–H groups in total. The summed E-state index contributed by atoms with van der Waals surface area (Å²) in [7, 11) is 1.52. The van der Waals surface area contributed by atoms with Gasteiger partial charge in [0.05, 0.1) is 12.4 Å². The van der Waals surface area contributed by atoms with E-state index in [4.69, 9.17) is 4.74 Å². The van der Waals surface area contributed by atoms with Gasteiger partial charge in [-0.15, -0.1) is 0 Å². The maximum absolute atomic E-state index is 11.6. The van der Waals surface area contributed by atoms with E-state index in [-0.39, 0.29) is 11.2 Å². The maximum atomic E-state index is 11.6.